The molecule has 0 aromatic heterocycles. The second-order valence-electron chi connectivity index (χ2n) is 4.20. The number of thioether (sulfide) groups is 1. The second-order valence-corrected chi connectivity index (χ2v) is 5.71. The zero-order valence-electron chi connectivity index (χ0n) is 9.31. The van der Waals surface area contributed by atoms with Crippen LogP contribution in [0.25, 0.3) is 0 Å². The molecule has 0 spiro atoms. The lowest BCUT2D eigenvalue weighted by atomic mass is 10.2. The van der Waals surface area contributed by atoms with Crippen molar-refractivity contribution in [1.82, 2.24) is 4.90 Å². The van der Waals surface area contributed by atoms with E-state index in [1.165, 1.54) is 0 Å². The normalized spacial score (nSPS) is 13.7. The number of halogens is 2. The molecule has 2 nitrogen and oxygen atoms in total. The van der Waals surface area contributed by atoms with Crippen LogP contribution in [0.3, 0.4) is 0 Å². The fourth-order valence-electron chi connectivity index (χ4n) is 1.23. The monoisotopic (exact) mass is 226 g/mol. The summed E-state index contributed by atoms with van der Waals surface area (Å²) >= 11 is 1.67. The Morgan fingerprint density at radius 1 is 1.29 bits per heavy atom. The highest BCUT2D eigenvalue weighted by atomic mass is 32.2. The lowest BCUT2D eigenvalue weighted by Crippen LogP contribution is -2.44. The lowest BCUT2D eigenvalue weighted by molar-refractivity contribution is -0.0184. The Kier molecular flexibility index (Phi) is 5.33. The predicted octanol–water partition coefficient (Wildman–Crippen LogP) is 1.65. The van der Waals surface area contributed by atoms with E-state index in [2.05, 4.69) is 0 Å². The van der Waals surface area contributed by atoms with E-state index in [1.807, 2.05) is 20.1 Å². The number of alkyl halides is 2. The Morgan fingerprint density at radius 2 is 1.79 bits per heavy atom. The molecule has 0 aromatic rings. The highest BCUT2D eigenvalue weighted by molar-refractivity contribution is 7.99. The molecule has 0 heterocycles. The van der Waals surface area contributed by atoms with Gasteiger partial charge in [-0.15, -0.1) is 0 Å². The van der Waals surface area contributed by atoms with Crippen LogP contribution < -0.4 is 5.73 Å². The van der Waals surface area contributed by atoms with Crippen LogP contribution in [0.4, 0.5) is 8.78 Å². The number of nitrogens with zero attached hydrogens (tertiary/aromatic N) is 1. The van der Waals surface area contributed by atoms with Crippen LogP contribution in [0, 0.1) is 0 Å². The van der Waals surface area contributed by atoms with Gasteiger partial charge in [-0.05, 0) is 27.2 Å². The minimum absolute atomic E-state index is 0.000567. The van der Waals surface area contributed by atoms with Gasteiger partial charge in [0.2, 0.25) is 0 Å². The van der Waals surface area contributed by atoms with Gasteiger partial charge in [0.25, 0.3) is 5.92 Å². The van der Waals surface area contributed by atoms with E-state index in [4.69, 9.17) is 5.73 Å². The summed E-state index contributed by atoms with van der Waals surface area (Å²) in [7, 11) is 1.70. The van der Waals surface area contributed by atoms with Crippen LogP contribution in [0.2, 0.25) is 0 Å². The first kappa shape index (κ1) is 14.1. The summed E-state index contributed by atoms with van der Waals surface area (Å²) in [5.41, 5.74) is 4.97. The summed E-state index contributed by atoms with van der Waals surface area (Å²) in [6.07, 6.45) is 1.98. The van der Waals surface area contributed by atoms with Crippen molar-refractivity contribution in [2.24, 2.45) is 5.73 Å². The first-order valence-corrected chi connectivity index (χ1v) is 5.76. The first-order chi connectivity index (χ1) is 6.22. The Morgan fingerprint density at radius 3 is 2.14 bits per heavy atom. The van der Waals surface area contributed by atoms with Crippen molar-refractivity contribution in [3.8, 4) is 0 Å². The van der Waals surface area contributed by atoms with Gasteiger partial charge in [0.05, 0.1) is 13.1 Å². The van der Waals surface area contributed by atoms with E-state index in [1.54, 1.807) is 23.7 Å². The van der Waals surface area contributed by atoms with Gasteiger partial charge in [0.1, 0.15) is 0 Å². The highest BCUT2D eigenvalue weighted by Crippen LogP contribution is 2.23. The van der Waals surface area contributed by atoms with Gasteiger partial charge >= 0.3 is 0 Å². The molecule has 0 fully saturated rings. The van der Waals surface area contributed by atoms with Gasteiger partial charge in [-0.2, -0.15) is 11.8 Å². The smallest absolute Gasteiger partial charge is 0.272 e. The fraction of sp³-hybridized carbons (Fsp3) is 1.00. The SMILES string of the molecule is CSC(C)(C)CN(C)CC(F)(F)CN. The van der Waals surface area contributed by atoms with Crippen LogP contribution in [0.15, 0.2) is 0 Å². The maximum absolute atomic E-state index is 12.9. The topological polar surface area (TPSA) is 29.3 Å². The number of nitrogens with two attached hydrogens (primary N) is 1. The van der Waals surface area contributed by atoms with Gasteiger partial charge in [0.15, 0.2) is 0 Å². The van der Waals surface area contributed by atoms with Crippen molar-refractivity contribution in [2.75, 3.05) is 32.9 Å². The average Bonchev–Trinajstić information content (AvgIpc) is 2.02. The zero-order chi connectivity index (χ0) is 11.4. The van der Waals surface area contributed by atoms with Crippen molar-refractivity contribution < 1.29 is 8.78 Å². The molecular weight excluding hydrogens is 206 g/mol. The second kappa shape index (κ2) is 5.28. The molecule has 0 aliphatic rings. The van der Waals surface area contributed by atoms with Crippen LogP contribution >= 0.6 is 11.8 Å². The quantitative estimate of drug-likeness (QED) is 0.747. The molecule has 0 unspecified atom stereocenters. The standard InChI is InChI=1S/C9H20F2N2S/c1-8(2,14-4)6-13(3)7-9(10,11)5-12/h5-7,12H2,1-4H3. The van der Waals surface area contributed by atoms with Gasteiger partial charge in [-0.1, -0.05) is 0 Å². The molecule has 0 aliphatic carbocycles. The molecule has 0 atom stereocenters. The maximum atomic E-state index is 12.9. The summed E-state index contributed by atoms with van der Waals surface area (Å²) in [6.45, 7) is 3.85. The minimum atomic E-state index is -2.77. The Balaban J connectivity index is 4.04. The number of hydrogen-bond acceptors (Lipinski definition) is 3. The molecule has 0 saturated carbocycles. The molecule has 2 N–H and O–H groups in total. The summed E-state index contributed by atoms with van der Waals surface area (Å²) in [6, 6.07) is 0. The third-order valence-corrected chi connectivity index (χ3v) is 3.24. The average molecular weight is 226 g/mol. The molecular formula is C9H20F2N2S. The summed E-state index contributed by atoms with van der Waals surface area (Å²) in [5.74, 6) is -2.77. The van der Waals surface area contributed by atoms with Crippen molar-refractivity contribution >= 4 is 11.8 Å². The Labute approximate surface area is 89.2 Å². The zero-order valence-corrected chi connectivity index (χ0v) is 10.1. The molecule has 0 saturated heterocycles. The van der Waals surface area contributed by atoms with Gasteiger partial charge in [-0.3, -0.25) is 4.90 Å². The van der Waals surface area contributed by atoms with Crippen LogP contribution in [-0.2, 0) is 0 Å². The van der Waals surface area contributed by atoms with E-state index < -0.39 is 12.5 Å². The van der Waals surface area contributed by atoms with E-state index in [0.717, 1.165) is 0 Å². The van der Waals surface area contributed by atoms with Crippen molar-refractivity contribution in [2.45, 2.75) is 24.5 Å². The third-order valence-electron chi connectivity index (χ3n) is 2.00. The molecule has 0 aliphatic heterocycles. The van der Waals surface area contributed by atoms with Crippen molar-refractivity contribution in [3.05, 3.63) is 0 Å². The molecule has 0 rings (SSSR count). The number of hydrogen-bond donors (Lipinski definition) is 1. The van der Waals surface area contributed by atoms with Gasteiger partial charge in [-0.25, -0.2) is 8.78 Å². The van der Waals surface area contributed by atoms with E-state index in [-0.39, 0.29) is 11.3 Å². The largest absolute Gasteiger partial charge is 0.325 e. The van der Waals surface area contributed by atoms with E-state index >= 15 is 0 Å². The fourth-order valence-corrected chi connectivity index (χ4v) is 1.58. The van der Waals surface area contributed by atoms with Crippen LogP contribution in [0.5, 0.6) is 0 Å². The minimum Gasteiger partial charge on any atom is -0.325 e. The molecule has 14 heavy (non-hydrogen) atoms. The predicted molar refractivity (Wildman–Crippen MR) is 59.1 cm³/mol. The molecule has 5 heteroatoms. The Bertz CT molecular complexity index is 156. The van der Waals surface area contributed by atoms with Crippen LogP contribution in [-0.4, -0.2) is 48.5 Å². The molecule has 0 bridgehead atoms. The molecule has 86 valence electrons. The maximum Gasteiger partial charge on any atom is 0.272 e. The molecule has 0 aromatic carbocycles. The van der Waals surface area contributed by atoms with Gasteiger partial charge < -0.3 is 5.73 Å². The summed E-state index contributed by atoms with van der Waals surface area (Å²) in [5, 5.41) is 0. The van der Waals surface area contributed by atoms with E-state index in [9.17, 15) is 8.78 Å². The van der Waals surface area contributed by atoms with Crippen LogP contribution in [0.1, 0.15) is 13.8 Å². The summed E-state index contributed by atoms with van der Waals surface area (Å²) < 4.78 is 25.8. The Hall–Kier alpha value is 0.130. The molecule has 0 amide bonds. The highest BCUT2D eigenvalue weighted by Gasteiger charge is 2.30. The lowest BCUT2D eigenvalue weighted by Gasteiger charge is -2.30. The van der Waals surface area contributed by atoms with E-state index in [0.29, 0.717) is 6.54 Å². The summed E-state index contributed by atoms with van der Waals surface area (Å²) in [4.78, 5) is 1.63. The van der Waals surface area contributed by atoms with Crippen molar-refractivity contribution in [1.29, 1.82) is 0 Å². The first-order valence-electron chi connectivity index (χ1n) is 4.54. The molecule has 0 radical (unpaired) electrons. The third kappa shape index (κ3) is 5.78. The van der Waals surface area contributed by atoms with Gasteiger partial charge in [0, 0.05) is 11.3 Å². The number of rotatable bonds is 6. The van der Waals surface area contributed by atoms with Crippen molar-refractivity contribution in [3.63, 3.8) is 0 Å².